The van der Waals surface area contributed by atoms with Gasteiger partial charge in [-0.2, -0.15) is 13.2 Å². The summed E-state index contributed by atoms with van der Waals surface area (Å²) in [6.07, 6.45) is -3.74. The molecule has 0 aromatic heterocycles. The first-order valence-corrected chi connectivity index (χ1v) is 7.52. The van der Waals surface area contributed by atoms with Gasteiger partial charge in [0.2, 0.25) is 5.91 Å². The molecule has 23 heavy (non-hydrogen) atoms. The molecule has 1 aliphatic heterocycles. The van der Waals surface area contributed by atoms with E-state index in [4.69, 9.17) is 0 Å². The predicted octanol–water partition coefficient (Wildman–Crippen LogP) is 2.29. The quantitative estimate of drug-likeness (QED) is 0.923. The molecule has 7 heteroatoms. The maximum Gasteiger partial charge on any atom is 0.471 e. The van der Waals surface area contributed by atoms with Gasteiger partial charge < -0.3 is 5.32 Å². The number of nitrogens with one attached hydrogen (secondary N) is 1. The van der Waals surface area contributed by atoms with Gasteiger partial charge in [-0.05, 0) is 38.3 Å². The summed E-state index contributed by atoms with van der Waals surface area (Å²) in [6, 6.07) is 7.23. The SMILES string of the molecule is C[C@@H](Cc1ccccc1)N(C(=O)[C@@H]1CCCN1)C(=O)C(F)(F)F. The number of imide groups is 1. The van der Waals surface area contributed by atoms with Crippen molar-refractivity contribution in [2.45, 2.75) is 44.4 Å². The van der Waals surface area contributed by atoms with Crippen LogP contribution >= 0.6 is 0 Å². The van der Waals surface area contributed by atoms with Gasteiger partial charge in [-0.25, -0.2) is 0 Å². The first-order chi connectivity index (χ1) is 10.8. The summed E-state index contributed by atoms with van der Waals surface area (Å²) >= 11 is 0. The Labute approximate surface area is 132 Å². The molecule has 0 spiro atoms. The Hall–Kier alpha value is -1.89. The van der Waals surface area contributed by atoms with Crippen molar-refractivity contribution >= 4 is 11.8 Å². The molecule has 1 N–H and O–H groups in total. The zero-order chi connectivity index (χ0) is 17.0. The summed E-state index contributed by atoms with van der Waals surface area (Å²) in [5, 5.41) is 2.85. The molecule has 1 aromatic carbocycles. The van der Waals surface area contributed by atoms with E-state index in [1.165, 1.54) is 6.92 Å². The molecular formula is C16H19F3N2O2. The Bertz CT molecular complexity index is 554. The Morgan fingerprint density at radius 2 is 1.96 bits per heavy atom. The molecule has 0 radical (unpaired) electrons. The first-order valence-electron chi connectivity index (χ1n) is 7.52. The number of hydrogen-bond donors (Lipinski definition) is 1. The smallest absolute Gasteiger partial charge is 0.306 e. The molecule has 1 heterocycles. The average Bonchev–Trinajstić information content (AvgIpc) is 3.01. The summed E-state index contributed by atoms with van der Waals surface area (Å²) in [5.74, 6) is -2.90. The van der Waals surface area contributed by atoms with Crippen LogP contribution in [0.3, 0.4) is 0 Å². The molecule has 4 nitrogen and oxygen atoms in total. The Morgan fingerprint density at radius 3 is 2.48 bits per heavy atom. The monoisotopic (exact) mass is 328 g/mol. The molecule has 0 unspecified atom stereocenters. The highest BCUT2D eigenvalue weighted by molar-refractivity contribution is 6.00. The molecule has 2 rings (SSSR count). The largest absolute Gasteiger partial charge is 0.471 e. The van der Waals surface area contributed by atoms with E-state index in [2.05, 4.69) is 5.32 Å². The topological polar surface area (TPSA) is 49.4 Å². The first kappa shape index (κ1) is 17.5. The molecule has 1 aliphatic rings. The predicted molar refractivity (Wildman–Crippen MR) is 78.5 cm³/mol. The molecule has 0 aliphatic carbocycles. The van der Waals surface area contributed by atoms with Gasteiger partial charge in [0.25, 0.3) is 0 Å². The molecule has 1 aromatic rings. The normalized spacial score (nSPS) is 19.4. The lowest BCUT2D eigenvalue weighted by atomic mass is 10.0. The molecule has 1 saturated heterocycles. The molecule has 2 amide bonds. The third-order valence-electron chi connectivity index (χ3n) is 3.87. The van der Waals surface area contributed by atoms with Crippen molar-refractivity contribution in [2.24, 2.45) is 0 Å². The van der Waals surface area contributed by atoms with Gasteiger partial charge in [-0.15, -0.1) is 0 Å². The third kappa shape index (κ3) is 4.31. The minimum atomic E-state index is -5.07. The van der Waals surface area contributed by atoms with Crippen LogP contribution in [0.1, 0.15) is 25.3 Å². The van der Waals surface area contributed by atoms with Crippen molar-refractivity contribution in [2.75, 3.05) is 6.54 Å². The maximum atomic E-state index is 12.9. The van der Waals surface area contributed by atoms with Gasteiger partial charge in [0.1, 0.15) is 0 Å². The van der Waals surface area contributed by atoms with Gasteiger partial charge in [0.05, 0.1) is 6.04 Å². The summed E-state index contributed by atoms with van der Waals surface area (Å²) in [4.78, 5) is 24.5. The van der Waals surface area contributed by atoms with Crippen molar-refractivity contribution in [3.8, 4) is 0 Å². The number of nitrogens with zero attached hydrogens (tertiary/aromatic N) is 1. The van der Waals surface area contributed by atoms with Crippen molar-refractivity contribution in [3.63, 3.8) is 0 Å². The van der Waals surface area contributed by atoms with Gasteiger partial charge >= 0.3 is 12.1 Å². The Kier molecular flexibility index (Phi) is 5.41. The van der Waals surface area contributed by atoms with Gasteiger partial charge in [-0.1, -0.05) is 30.3 Å². The lowest BCUT2D eigenvalue weighted by Crippen LogP contribution is -2.55. The van der Waals surface area contributed by atoms with Gasteiger partial charge in [-0.3, -0.25) is 14.5 Å². The number of carbonyl (C=O) groups excluding carboxylic acids is 2. The van der Waals surface area contributed by atoms with Crippen LogP contribution < -0.4 is 5.32 Å². The minimum absolute atomic E-state index is 0.182. The lowest BCUT2D eigenvalue weighted by molar-refractivity contribution is -0.190. The van der Waals surface area contributed by atoms with Crippen LogP contribution in [0.25, 0.3) is 0 Å². The van der Waals surface area contributed by atoms with E-state index in [0.29, 0.717) is 24.3 Å². The fourth-order valence-corrected chi connectivity index (χ4v) is 2.76. The molecular weight excluding hydrogens is 309 g/mol. The van der Waals surface area contributed by atoms with E-state index < -0.39 is 30.1 Å². The van der Waals surface area contributed by atoms with E-state index in [0.717, 1.165) is 5.56 Å². The van der Waals surface area contributed by atoms with Crippen molar-refractivity contribution in [1.29, 1.82) is 0 Å². The standard InChI is InChI=1S/C16H19F3N2O2/c1-11(10-12-6-3-2-4-7-12)21(15(23)16(17,18)19)14(22)13-8-5-9-20-13/h2-4,6-7,11,13,20H,5,8-10H2,1H3/t11-,13-/m0/s1. The molecule has 2 atom stereocenters. The number of benzene rings is 1. The van der Waals surface area contributed by atoms with E-state index >= 15 is 0 Å². The van der Waals surface area contributed by atoms with Crippen LogP contribution in [0.4, 0.5) is 13.2 Å². The highest BCUT2D eigenvalue weighted by atomic mass is 19.4. The number of carbonyl (C=O) groups is 2. The van der Waals surface area contributed by atoms with E-state index in [9.17, 15) is 22.8 Å². The third-order valence-corrected chi connectivity index (χ3v) is 3.87. The van der Waals surface area contributed by atoms with Crippen molar-refractivity contribution < 1.29 is 22.8 Å². The van der Waals surface area contributed by atoms with Crippen LogP contribution in [0.15, 0.2) is 30.3 Å². The number of amides is 2. The van der Waals surface area contributed by atoms with Crippen molar-refractivity contribution in [1.82, 2.24) is 10.2 Å². The fraction of sp³-hybridized carbons (Fsp3) is 0.500. The molecule has 0 bridgehead atoms. The van der Waals surface area contributed by atoms with Crippen LogP contribution in [-0.2, 0) is 16.0 Å². The zero-order valence-electron chi connectivity index (χ0n) is 12.8. The number of rotatable bonds is 4. The van der Waals surface area contributed by atoms with E-state index in [1.807, 2.05) is 0 Å². The summed E-state index contributed by atoms with van der Waals surface area (Å²) in [5.41, 5.74) is 0.771. The minimum Gasteiger partial charge on any atom is -0.306 e. The fourth-order valence-electron chi connectivity index (χ4n) is 2.76. The average molecular weight is 328 g/mol. The maximum absolute atomic E-state index is 12.9. The highest BCUT2D eigenvalue weighted by Gasteiger charge is 2.47. The number of alkyl halides is 3. The molecule has 126 valence electrons. The summed E-state index contributed by atoms with van der Waals surface area (Å²) < 4.78 is 38.6. The van der Waals surface area contributed by atoms with Crippen molar-refractivity contribution in [3.05, 3.63) is 35.9 Å². The number of hydrogen-bond acceptors (Lipinski definition) is 3. The second-order valence-corrected chi connectivity index (χ2v) is 5.70. The highest BCUT2D eigenvalue weighted by Crippen LogP contribution is 2.23. The second-order valence-electron chi connectivity index (χ2n) is 5.70. The Balaban J connectivity index is 2.21. The lowest BCUT2D eigenvalue weighted by Gasteiger charge is -2.30. The Morgan fingerprint density at radius 1 is 1.30 bits per heavy atom. The van der Waals surface area contributed by atoms with E-state index in [1.54, 1.807) is 30.3 Å². The second kappa shape index (κ2) is 7.12. The van der Waals surface area contributed by atoms with Crippen LogP contribution in [0.5, 0.6) is 0 Å². The van der Waals surface area contributed by atoms with Crippen LogP contribution in [0, 0.1) is 0 Å². The van der Waals surface area contributed by atoms with Gasteiger partial charge in [0.15, 0.2) is 0 Å². The zero-order valence-corrected chi connectivity index (χ0v) is 12.8. The number of halogens is 3. The molecule has 0 saturated carbocycles. The van der Waals surface area contributed by atoms with Crippen LogP contribution in [0.2, 0.25) is 0 Å². The molecule has 1 fully saturated rings. The van der Waals surface area contributed by atoms with Gasteiger partial charge in [0, 0.05) is 6.04 Å². The van der Waals surface area contributed by atoms with Crippen LogP contribution in [-0.4, -0.2) is 41.5 Å². The summed E-state index contributed by atoms with van der Waals surface area (Å²) in [6.45, 7) is 2.03. The van der Waals surface area contributed by atoms with E-state index in [-0.39, 0.29) is 6.42 Å². The summed E-state index contributed by atoms with van der Waals surface area (Å²) in [7, 11) is 0.